The summed E-state index contributed by atoms with van der Waals surface area (Å²) in [7, 11) is 0. The minimum absolute atomic E-state index is 0.0943. The fraction of sp³-hybridized carbons (Fsp3) is 0. The first kappa shape index (κ1) is 11.7. The highest BCUT2D eigenvalue weighted by atomic mass is 16.6. The van der Waals surface area contributed by atoms with Crippen LogP contribution in [-0.4, -0.2) is 14.9 Å². The second-order valence-corrected chi connectivity index (χ2v) is 3.48. The lowest BCUT2D eigenvalue weighted by atomic mass is 10.2. The van der Waals surface area contributed by atoms with Crippen LogP contribution in [0, 0.1) is 10.1 Å². The van der Waals surface area contributed by atoms with Gasteiger partial charge in [-0.3, -0.25) is 15.1 Å². The van der Waals surface area contributed by atoms with Gasteiger partial charge >= 0.3 is 5.69 Å². The second-order valence-electron chi connectivity index (χ2n) is 3.48. The Kier molecular flexibility index (Phi) is 3.29. The van der Waals surface area contributed by atoms with Gasteiger partial charge in [-0.1, -0.05) is 6.07 Å². The van der Waals surface area contributed by atoms with Gasteiger partial charge in [0.2, 0.25) is 5.82 Å². The lowest BCUT2D eigenvalue weighted by molar-refractivity contribution is -0.384. The molecule has 0 aliphatic heterocycles. The molecule has 18 heavy (non-hydrogen) atoms. The lowest BCUT2D eigenvalue weighted by Gasteiger charge is -1.99. The Morgan fingerprint density at radius 2 is 2.00 bits per heavy atom. The van der Waals surface area contributed by atoms with Crippen molar-refractivity contribution >= 4 is 23.7 Å². The van der Waals surface area contributed by atoms with Crippen LogP contribution in [0.2, 0.25) is 0 Å². The van der Waals surface area contributed by atoms with Gasteiger partial charge in [0, 0.05) is 12.4 Å². The molecule has 0 aromatic carbocycles. The van der Waals surface area contributed by atoms with Gasteiger partial charge in [0.1, 0.15) is 0 Å². The molecule has 0 unspecified atom stereocenters. The molecular weight excluding hydrogens is 232 g/mol. The van der Waals surface area contributed by atoms with Crippen LogP contribution in [0.3, 0.4) is 0 Å². The lowest BCUT2D eigenvalue weighted by Crippen LogP contribution is -2.00. The number of rotatable bonds is 3. The molecule has 0 radical (unpaired) electrons. The van der Waals surface area contributed by atoms with Gasteiger partial charge in [-0.15, -0.1) is 0 Å². The van der Waals surface area contributed by atoms with Gasteiger partial charge in [-0.25, -0.2) is 4.98 Å². The molecule has 0 aliphatic rings. The molecule has 6 heteroatoms. The summed E-state index contributed by atoms with van der Waals surface area (Å²) in [5, 5.41) is 10.9. The van der Waals surface area contributed by atoms with Gasteiger partial charge in [-0.2, -0.15) is 0 Å². The maximum absolute atomic E-state index is 10.9. The highest BCUT2D eigenvalue weighted by Gasteiger charge is 2.16. The Balaban J connectivity index is 2.38. The van der Waals surface area contributed by atoms with Crippen LogP contribution in [0.4, 0.5) is 11.5 Å². The highest BCUT2D eigenvalue weighted by Crippen LogP contribution is 2.25. The molecule has 2 aromatic heterocycles. The van der Waals surface area contributed by atoms with Gasteiger partial charge in [0.25, 0.3) is 0 Å². The van der Waals surface area contributed by atoms with Crippen molar-refractivity contribution in [1.82, 2.24) is 9.97 Å². The number of nitrogens with two attached hydrogens (primary N) is 1. The van der Waals surface area contributed by atoms with Crippen LogP contribution in [0.15, 0.2) is 36.7 Å². The Morgan fingerprint density at radius 1 is 1.17 bits per heavy atom. The molecule has 0 saturated heterocycles. The zero-order valence-electron chi connectivity index (χ0n) is 9.35. The molecule has 0 amide bonds. The summed E-state index contributed by atoms with van der Waals surface area (Å²) in [6.45, 7) is 0. The van der Waals surface area contributed by atoms with Crippen molar-refractivity contribution in [3.05, 3.63) is 58.0 Å². The average molecular weight is 242 g/mol. The molecule has 2 heterocycles. The molecule has 0 spiro atoms. The minimum atomic E-state index is -0.541. The molecular formula is C12H10N4O2. The minimum Gasteiger partial charge on any atom is -0.378 e. The van der Waals surface area contributed by atoms with Crippen LogP contribution >= 0.6 is 0 Å². The van der Waals surface area contributed by atoms with E-state index < -0.39 is 4.92 Å². The maximum atomic E-state index is 10.9. The summed E-state index contributed by atoms with van der Waals surface area (Å²) in [6.07, 6.45) is 6.36. The zero-order chi connectivity index (χ0) is 13.0. The fourth-order valence-electron chi connectivity index (χ4n) is 1.47. The zero-order valence-corrected chi connectivity index (χ0v) is 9.35. The summed E-state index contributed by atoms with van der Waals surface area (Å²) in [5.74, 6) is -0.0943. The number of hydrogen-bond donors (Lipinski definition) is 1. The normalized spacial score (nSPS) is 10.7. The van der Waals surface area contributed by atoms with Gasteiger partial charge in [0.15, 0.2) is 0 Å². The van der Waals surface area contributed by atoms with Crippen molar-refractivity contribution in [2.75, 3.05) is 5.73 Å². The molecule has 2 rings (SSSR count). The maximum Gasteiger partial charge on any atom is 0.318 e. The van der Waals surface area contributed by atoms with Crippen molar-refractivity contribution in [1.29, 1.82) is 0 Å². The number of nitrogens with zero attached hydrogens (tertiary/aromatic N) is 3. The monoisotopic (exact) mass is 242 g/mol. The number of pyridine rings is 2. The predicted octanol–water partition coefficient (Wildman–Crippen LogP) is 2.14. The Bertz CT molecular complexity index is 596. The number of aromatic nitrogens is 2. The first-order valence-electron chi connectivity index (χ1n) is 5.16. The first-order chi connectivity index (χ1) is 8.68. The topological polar surface area (TPSA) is 94.9 Å². The van der Waals surface area contributed by atoms with Crippen LogP contribution < -0.4 is 5.73 Å². The van der Waals surface area contributed by atoms with E-state index >= 15 is 0 Å². The van der Waals surface area contributed by atoms with E-state index in [9.17, 15) is 10.1 Å². The summed E-state index contributed by atoms with van der Waals surface area (Å²) >= 11 is 0. The number of nitrogen functional groups attached to an aromatic ring is 1. The molecule has 0 aliphatic carbocycles. The standard InChI is InChI=1S/C12H10N4O2/c13-12-11(16(17)18)9(6-8-15-12)4-5-10-3-1-2-7-14-10/h1-8H,(H2,13,15). The summed E-state index contributed by atoms with van der Waals surface area (Å²) in [6, 6.07) is 6.97. The Labute approximate surface area is 103 Å². The van der Waals surface area contributed by atoms with E-state index in [2.05, 4.69) is 9.97 Å². The van der Waals surface area contributed by atoms with Crippen molar-refractivity contribution in [2.24, 2.45) is 0 Å². The van der Waals surface area contributed by atoms with E-state index in [1.807, 2.05) is 6.07 Å². The second kappa shape index (κ2) is 5.05. The largest absolute Gasteiger partial charge is 0.378 e. The number of anilines is 1. The van der Waals surface area contributed by atoms with Crippen LogP contribution in [0.1, 0.15) is 11.3 Å². The van der Waals surface area contributed by atoms with Crippen molar-refractivity contribution in [3.8, 4) is 0 Å². The van der Waals surface area contributed by atoms with Crippen LogP contribution in [0.5, 0.6) is 0 Å². The third kappa shape index (κ3) is 2.49. The highest BCUT2D eigenvalue weighted by molar-refractivity contribution is 5.76. The third-order valence-corrected chi connectivity index (χ3v) is 2.29. The molecule has 2 aromatic rings. The number of hydrogen-bond acceptors (Lipinski definition) is 5. The van der Waals surface area contributed by atoms with Crippen LogP contribution in [0.25, 0.3) is 12.2 Å². The molecule has 0 fully saturated rings. The SMILES string of the molecule is Nc1nccc(C=Cc2ccccn2)c1[N+](=O)[O-]. The molecule has 6 nitrogen and oxygen atoms in total. The summed E-state index contributed by atoms with van der Waals surface area (Å²) in [4.78, 5) is 18.1. The predicted molar refractivity (Wildman–Crippen MR) is 68.5 cm³/mol. The van der Waals surface area contributed by atoms with Crippen molar-refractivity contribution in [2.45, 2.75) is 0 Å². The van der Waals surface area contributed by atoms with E-state index in [0.29, 0.717) is 11.3 Å². The summed E-state index contributed by atoms with van der Waals surface area (Å²) in [5.41, 5.74) is 6.41. The molecule has 90 valence electrons. The molecule has 0 saturated carbocycles. The average Bonchev–Trinajstić information content (AvgIpc) is 2.37. The van der Waals surface area contributed by atoms with Crippen LogP contribution in [-0.2, 0) is 0 Å². The number of nitro groups is 1. The molecule has 0 atom stereocenters. The quantitative estimate of drug-likeness (QED) is 0.657. The smallest absolute Gasteiger partial charge is 0.318 e. The Morgan fingerprint density at radius 3 is 2.67 bits per heavy atom. The van der Waals surface area contributed by atoms with Gasteiger partial charge in [0.05, 0.1) is 16.2 Å². The van der Waals surface area contributed by atoms with E-state index in [0.717, 1.165) is 0 Å². The van der Waals surface area contributed by atoms with E-state index in [1.165, 1.54) is 12.3 Å². The van der Waals surface area contributed by atoms with E-state index in [1.54, 1.807) is 30.5 Å². The van der Waals surface area contributed by atoms with Crippen molar-refractivity contribution < 1.29 is 4.92 Å². The summed E-state index contributed by atoms with van der Waals surface area (Å²) < 4.78 is 0. The third-order valence-electron chi connectivity index (χ3n) is 2.29. The van der Waals surface area contributed by atoms with E-state index in [-0.39, 0.29) is 11.5 Å². The molecule has 2 N–H and O–H groups in total. The van der Waals surface area contributed by atoms with E-state index in [4.69, 9.17) is 5.73 Å². The Hall–Kier alpha value is -2.76. The first-order valence-corrected chi connectivity index (χ1v) is 5.16. The van der Waals surface area contributed by atoms with Gasteiger partial charge < -0.3 is 5.73 Å². The molecule has 0 bridgehead atoms. The van der Waals surface area contributed by atoms with Crippen molar-refractivity contribution in [3.63, 3.8) is 0 Å². The van der Waals surface area contributed by atoms with Gasteiger partial charge in [-0.05, 0) is 30.4 Å². The fourth-order valence-corrected chi connectivity index (χ4v) is 1.47.